The van der Waals surface area contributed by atoms with E-state index in [1.807, 2.05) is 0 Å². The standard InChI is InChI=1S/C9H11FN4O2/c1-5-12-8(11)6(9(13-5)14-10)3-4-7(15)16-2/h3-4H,1-2H3,(H3,11,12,13,14)/b4-3+. The number of nitrogens with two attached hydrogens (primary N) is 1. The van der Waals surface area contributed by atoms with Gasteiger partial charge in [0.05, 0.1) is 12.7 Å². The van der Waals surface area contributed by atoms with Crippen LogP contribution in [0.15, 0.2) is 6.08 Å². The fourth-order valence-electron chi connectivity index (χ4n) is 1.06. The molecule has 16 heavy (non-hydrogen) atoms. The number of esters is 1. The van der Waals surface area contributed by atoms with Crippen molar-refractivity contribution in [2.45, 2.75) is 6.92 Å². The second kappa shape index (κ2) is 5.06. The first-order chi connectivity index (χ1) is 7.58. The molecule has 7 heteroatoms. The van der Waals surface area contributed by atoms with Crippen LogP contribution >= 0.6 is 0 Å². The average Bonchev–Trinajstić information content (AvgIpc) is 2.26. The van der Waals surface area contributed by atoms with Crippen LogP contribution in [0, 0.1) is 6.92 Å². The summed E-state index contributed by atoms with van der Waals surface area (Å²) in [7, 11) is 1.23. The number of aromatic nitrogens is 2. The van der Waals surface area contributed by atoms with Gasteiger partial charge in [0.15, 0.2) is 5.82 Å². The number of methoxy groups -OCH3 is 1. The zero-order chi connectivity index (χ0) is 12.1. The highest BCUT2D eigenvalue weighted by Gasteiger charge is 2.08. The Bertz CT molecular complexity index is 434. The molecule has 0 aromatic carbocycles. The van der Waals surface area contributed by atoms with Crippen LogP contribution in [0.3, 0.4) is 0 Å². The number of carbonyl (C=O) groups excluding carboxylic acids is 1. The van der Waals surface area contributed by atoms with Crippen molar-refractivity contribution < 1.29 is 14.0 Å². The third-order valence-electron chi connectivity index (χ3n) is 1.76. The van der Waals surface area contributed by atoms with E-state index >= 15 is 0 Å². The minimum absolute atomic E-state index is 0.0767. The zero-order valence-corrected chi connectivity index (χ0v) is 8.82. The number of halogens is 1. The lowest BCUT2D eigenvalue weighted by Gasteiger charge is -2.05. The smallest absolute Gasteiger partial charge is 0.330 e. The second-order valence-corrected chi connectivity index (χ2v) is 2.87. The van der Waals surface area contributed by atoms with Gasteiger partial charge < -0.3 is 10.5 Å². The molecule has 6 nitrogen and oxygen atoms in total. The lowest BCUT2D eigenvalue weighted by molar-refractivity contribution is -0.134. The van der Waals surface area contributed by atoms with Crippen LogP contribution < -0.4 is 11.3 Å². The van der Waals surface area contributed by atoms with Crippen molar-refractivity contribution in [2.24, 2.45) is 0 Å². The lowest BCUT2D eigenvalue weighted by atomic mass is 10.2. The lowest BCUT2D eigenvalue weighted by Crippen LogP contribution is -2.03. The van der Waals surface area contributed by atoms with Crippen molar-refractivity contribution >= 4 is 23.7 Å². The van der Waals surface area contributed by atoms with Crippen LogP contribution in [0.25, 0.3) is 6.08 Å². The highest BCUT2D eigenvalue weighted by Crippen LogP contribution is 2.20. The van der Waals surface area contributed by atoms with Gasteiger partial charge in [0.1, 0.15) is 11.6 Å². The molecule has 0 aliphatic carbocycles. The fourth-order valence-corrected chi connectivity index (χ4v) is 1.06. The van der Waals surface area contributed by atoms with E-state index in [-0.39, 0.29) is 17.2 Å². The third-order valence-corrected chi connectivity index (χ3v) is 1.76. The number of ether oxygens (including phenoxy) is 1. The van der Waals surface area contributed by atoms with E-state index in [0.29, 0.717) is 5.82 Å². The Balaban J connectivity index is 3.12. The van der Waals surface area contributed by atoms with E-state index < -0.39 is 5.97 Å². The van der Waals surface area contributed by atoms with Gasteiger partial charge in [-0.05, 0) is 13.0 Å². The van der Waals surface area contributed by atoms with Crippen LogP contribution in [0.2, 0.25) is 0 Å². The number of hydrogen-bond acceptors (Lipinski definition) is 6. The van der Waals surface area contributed by atoms with E-state index in [4.69, 9.17) is 5.73 Å². The van der Waals surface area contributed by atoms with Gasteiger partial charge in [-0.3, -0.25) is 0 Å². The molecular formula is C9H11FN4O2. The van der Waals surface area contributed by atoms with Gasteiger partial charge in [-0.15, -0.1) is 4.48 Å². The molecule has 0 aliphatic rings. The summed E-state index contributed by atoms with van der Waals surface area (Å²) in [6.07, 6.45) is 2.38. The molecule has 86 valence electrons. The SMILES string of the molecule is COC(=O)/C=C/c1c(N)nc(C)nc1NF. The van der Waals surface area contributed by atoms with Gasteiger partial charge in [0.25, 0.3) is 0 Å². The number of nitrogen functional groups attached to an aromatic ring is 1. The van der Waals surface area contributed by atoms with Gasteiger partial charge in [-0.25, -0.2) is 20.3 Å². The summed E-state index contributed by atoms with van der Waals surface area (Å²) in [5.74, 6) is -0.268. The quantitative estimate of drug-likeness (QED) is 0.451. The first kappa shape index (κ1) is 11.9. The number of rotatable bonds is 3. The predicted molar refractivity (Wildman–Crippen MR) is 57.0 cm³/mol. The van der Waals surface area contributed by atoms with Gasteiger partial charge in [-0.1, -0.05) is 0 Å². The van der Waals surface area contributed by atoms with E-state index in [1.54, 1.807) is 6.92 Å². The Morgan fingerprint density at radius 2 is 2.25 bits per heavy atom. The van der Waals surface area contributed by atoms with Crippen molar-refractivity contribution in [3.05, 3.63) is 17.5 Å². The summed E-state index contributed by atoms with van der Waals surface area (Å²) < 4.78 is 16.8. The molecule has 0 saturated heterocycles. The Morgan fingerprint density at radius 1 is 1.56 bits per heavy atom. The molecule has 1 heterocycles. The van der Waals surface area contributed by atoms with Gasteiger partial charge in [-0.2, -0.15) is 0 Å². The number of anilines is 2. The molecule has 1 aromatic heterocycles. The number of aryl methyl sites for hydroxylation is 1. The van der Waals surface area contributed by atoms with E-state index in [9.17, 15) is 9.28 Å². The molecular weight excluding hydrogens is 215 g/mol. The molecule has 0 unspecified atom stereocenters. The maximum atomic E-state index is 12.4. The molecule has 0 aliphatic heterocycles. The highest BCUT2D eigenvalue weighted by molar-refractivity contribution is 5.89. The number of carbonyl (C=O) groups is 1. The molecule has 1 aromatic rings. The maximum absolute atomic E-state index is 12.4. The molecule has 3 N–H and O–H groups in total. The van der Waals surface area contributed by atoms with Crippen molar-refractivity contribution in [1.82, 2.24) is 9.97 Å². The van der Waals surface area contributed by atoms with Gasteiger partial charge in [0, 0.05) is 6.08 Å². The molecule has 0 atom stereocenters. The molecule has 0 amide bonds. The molecule has 0 radical (unpaired) electrons. The van der Waals surface area contributed by atoms with E-state index in [2.05, 4.69) is 14.7 Å². The first-order valence-electron chi connectivity index (χ1n) is 4.35. The van der Waals surface area contributed by atoms with Gasteiger partial charge >= 0.3 is 5.97 Å². The van der Waals surface area contributed by atoms with Crippen LogP contribution in [0.1, 0.15) is 11.4 Å². The molecule has 1 rings (SSSR count). The summed E-state index contributed by atoms with van der Waals surface area (Å²) in [5.41, 5.74) is 7.14. The van der Waals surface area contributed by atoms with Gasteiger partial charge in [0.2, 0.25) is 0 Å². The summed E-state index contributed by atoms with van der Waals surface area (Å²) in [6, 6.07) is 0. The Morgan fingerprint density at radius 3 is 2.81 bits per heavy atom. The normalized spacial score (nSPS) is 10.4. The molecule has 0 bridgehead atoms. The van der Waals surface area contributed by atoms with Crippen LogP contribution in [-0.2, 0) is 9.53 Å². The third kappa shape index (κ3) is 2.66. The Hall–Kier alpha value is -2.18. The minimum atomic E-state index is -0.579. The Labute approximate surface area is 91.3 Å². The number of nitrogens with zero attached hydrogens (tertiary/aromatic N) is 2. The molecule has 0 saturated carbocycles. The van der Waals surface area contributed by atoms with Crippen molar-refractivity contribution in [2.75, 3.05) is 18.4 Å². The van der Waals surface area contributed by atoms with Crippen molar-refractivity contribution in [3.63, 3.8) is 0 Å². The highest BCUT2D eigenvalue weighted by atomic mass is 19.2. The van der Waals surface area contributed by atoms with Crippen LogP contribution in [0.5, 0.6) is 0 Å². The largest absolute Gasteiger partial charge is 0.466 e. The zero-order valence-electron chi connectivity index (χ0n) is 8.82. The predicted octanol–water partition coefficient (Wildman–Crippen LogP) is 0.850. The van der Waals surface area contributed by atoms with Crippen LogP contribution in [0.4, 0.5) is 16.1 Å². The molecule has 0 spiro atoms. The monoisotopic (exact) mass is 226 g/mol. The first-order valence-corrected chi connectivity index (χ1v) is 4.35. The molecule has 0 fully saturated rings. The van der Waals surface area contributed by atoms with Crippen molar-refractivity contribution in [1.29, 1.82) is 0 Å². The maximum Gasteiger partial charge on any atom is 0.330 e. The van der Waals surface area contributed by atoms with Crippen LogP contribution in [-0.4, -0.2) is 23.0 Å². The summed E-state index contributed by atoms with van der Waals surface area (Å²) >= 11 is 0. The van der Waals surface area contributed by atoms with E-state index in [0.717, 1.165) is 6.08 Å². The number of hydrogen-bond donors (Lipinski definition) is 2. The number of nitrogens with one attached hydrogen (secondary N) is 1. The summed E-state index contributed by atoms with van der Waals surface area (Å²) in [6.45, 7) is 1.57. The van der Waals surface area contributed by atoms with E-state index in [1.165, 1.54) is 18.7 Å². The average molecular weight is 226 g/mol. The fraction of sp³-hybridized carbons (Fsp3) is 0.222. The summed E-state index contributed by atoms with van der Waals surface area (Å²) in [4.78, 5) is 18.5. The Kier molecular flexibility index (Phi) is 3.76. The van der Waals surface area contributed by atoms with Crippen molar-refractivity contribution in [3.8, 4) is 0 Å². The summed E-state index contributed by atoms with van der Waals surface area (Å²) in [5, 5.41) is 0. The topological polar surface area (TPSA) is 90.1 Å². The minimum Gasteiger partial charge on any atom is -0.466 e. The second-order valence-electron chi connectivity index (χ2n) is 2.87.